The van der Waals surface area contributed by atoms with Gasteiger partial charge in [-0.15, -0.1) is 0 Å². The molecular formula is C12H9N2O2P. The molecule has 0 saturated heterocycles. The Morgan fingerprint density at radius 3 is 2.94 bits per heavy atom. The van der Waals surface area contributed by atoms with Crippen LogP contribution in [0.1, 0.15) is 0 Å². The van der Waals surface area contributed by atoms with E-state index in [0.29, 0.717) is 5.82 Å². The zero-order chi connectivity index (χ0) is 11.8. The smallest absolute Gasteiger partial charge is 0.256 e. The Bertz CT molecular complexity index is 639. The molecule has 84 valence electrons. The minimum absolute atomic E-state index is 0.0848. The first-order valence-electron chi connectivity index (χ1n) is 5.17. The van der Waals surface area contributed by atoms with Crippen LogP contribution < -0.4 is 4.90 Å². The zero-order valence-corrected chi connectivity index (χ0v) is 9.76. The minimum Gasteiger partial charge on any atom is -0.510 e. The van der Waals surface area contributed by atoms with Gasteiger partial charge in [0.15, 0.2) is 0 Å². The summed E-state index contributed by atoms with van der Waals surface area (Å²) < 4.78 is 4.33. The molecule has 17 heavy (non-hydrogen) atoms. The van der Waals surface area contributed by atoms with Crippen LogP contribution in [0.3, 0.4) is 0 Å². The van der Waals surface area contributed by atoms with Gasteiger partial charge >= 0.3 is 0 Å². The Morgan fingerprint density at radius 1 is 1.35 bits per heavy atom. The first kappa shape index (κ1) is 10.2. The summed E-state index contributed by atoms with van der Waals surface area (Å²) >= 11 is 0. The second-order valence-electron chi connectivity index (χ2n) is 3.82. The number of hydrogen-bond acceptors (Lipinski definition) is 3. The van der Waals surface area contributed by atoms with Gasteiger partial charge in [0, 0.05) is 19.5 Å². The predicted molar refractivity (Wildman–Crippen MR) is 67.3 cm³/mol. The van der Waals surface area contributed by atoms with Gasteiger partial charge in [-0.3, -0.25) is 9.69 Å². The van der Waals surface area contributed by atoms with E-state index >= 15 is 0 Å². The standard InChI is InChI=1S/C12H9N2O2P/c15-9-6-12(16)14(7-9)11-5-8-3-1-2-4-10(8)17-13-11/h1-6,15H,7H2. The number of carbonyl (C=O) groups excluding carboxylic acids is 1. The topological polar surface area (TPSA) is 53.4 Å². The Balaban J connectivity index is 2.05. The Morgan fingerprint density at radius 2 is 2.18 bits per heavy atom. The van der Waals surface area contributed by atoms with Crippen LogP contribution >= 0.6 is 8.35 Å². The molecule has 2 heterocycles. The lowest BCUT2D eigenvalue weighted by Gasteiger charge is -2.14. The number of fused-ring (bicyclic) bond motifs is 1. The molecule has 1 aromatic carbocycles. The van der Waals surface area contributed by atoms with Crippen molar-refractivity contribution in [3.63, 3.8) is 0 Å². The summed E-state index contributed by atoms with van der Waals surface area (Å²) in [6.07, 6.45) is 1.23. The van der Waals surface area contributed by atoms with E-state index in [0.717, 1.165) is 18.9 Å². The van der Waals surface area contributed by atoms with E-state index in [1.165, 1.54) is 11.0 Å². The molecule has 0 spiro atoms. The Hall–Kier alpha value is -1.93. The predicted octanol–water partition coefficient (Wildman–Crippen LogP) is 2.60. The van der Waals surface area contributed by atoms with E-state index in [1.54, 1.807) is 0 Å². The van der Waals surface area contributed by atoms with Gasteiger partial charge in [-0.25, -0.2) is 4.75 Å². The third-order valence-electron chi connectivity index (χ3n) is 2.63. The normalized spacial score (nSPS) is 15.9. The van der Waals surface area contributed by atoms with E-state index in [-0.39, 0.29) is 18.2 Å². The molecule has 3 rings (SSSR count). The van der Waals surface area contributed by atoms with Crippen LogP contribution in [0.5, 0.6) is 0 Å². The maximum absolute atomic E-state index is 11.6. The molecule has 0 fully saturated rings. The number of rotatable bonds is 1. The fraction of sp³-hybridized carbons (Fsp3) is 0.0833. The second-order valence-corrected chi connectivity index (χ2v) is 4.70. The van der Waals surface area contributed by atoms with E-state index in [1.807, 2.05) is 30.3 Å². The third kappa shape index (κ3) is 1.77. The molecule has 0 aliphatic carbocycles. The van der Waals surface area contributed by atoms with E-state index in [2.05, 4.69) is 4.75 Å². The van der Waals surface area contributed by atoms with Crippen molar-refractivity contribution in [3.05, 3.63) is 42.2 Å². The third-order valence-corrected chi connectivity index (χ3v) is 3.56. The summed E-state index contributed by atoms with van der Waals surface area (Å²) in [5.41, 5.74) is 0. The first-order chi connectivity index (χ1) is 8.24. The second kappa shape index (κ2) is 3.82. The lowest BCUT2D eigenvalue weighted by Crippen LogP contribution is -2.25. The van der Waals surface area contributed by atoms with Crippen molar-refractivity contribution in [1.82, 2.24) is 4.75 Å². The number of amides is 1. The van der Waals surface area contributed by atoms with Gasteiger partial charge < -0.3 is 5.11 Å². The van der Waals surface area contributed by atoms with E-state index in [9.17, 15) is 9.90 Å². The van der Waals surface area contributed by atoms with E-state index < -0.39 is 0 Å². The quantitative estimate of drug-likeness (QED) is 0.838. The highest BCUT2D eigenvalue weighted by Gasteiger charge is 2.23. The highest BCUT2D eigenvalue weighted by atomic mass is 31.0. The van der Waals surface area contributed by atoms with Crippen molar-refractivity contribution in [2.45, 2.75) is 0 Å². The molecule has 1 aromatic heterocycles. The highest BCUT2D eigenvalue weighted by Crippen LogP contribution is 2.27. The van der Waals surface area contributed by atoms with Crippen LogP contribution in [0.4, 0.5) is 5.82 Å². The Kier molecular flexibility index (Phi) is 2.30. The van der Waals surface area contributed by atoms with Gasteiger partial charge in [0.2, 0.25) is 0 Å². The maximum Gasteiger partial charge on any atom is 0.256 e. The van der Waals surface area contributed by atoms with Gasteiger partial charge in [-0.1, -0.05) is 18.2 Å². The number of nitrogens with zero attached hydrogens (tertiary/aromatic N) is 2. The number of benzene rings is 1. The van der Waals surface area contributed by atoms with E-state index in [4.69, 9.17) is 0 Å². The molecule has 4 nitrogen and oxygen atoms in total. The molecule has 1 aliphatic rings. The van der Waals surface area contributed by atoms with Crippen molar-refractivity contribution < 1.29 is 9.90 Å². The number of aliphatic hydroxyl groups is 1. The first-order valence-corrected chi connectivity index (χ1v) is 6.02. The summed E-state index contributed by atoms with van der Waals surface area (Å²) in [5.74, 6) is 0.476. The molecule has 1 aliphatic heterocycles. The van der Waals surface area contributed by atoms with Crippen molar-refractivity contribution in [2.24, 2.45) is 0 Å². The summed E-state index contributed by atoms with van der Waals surface area (Å²) in [6, 6.07) is 9.79. The van der Waals surface area contributed by atoms with Crippen molar-refractivity contribution in [1.29, 1.82) is 0 Å². The summed E-state index contributed by atoms with van der Waals surface area (Å²) in [7, 11) is 0.832. The minimum atomic E-state index is -0.216. The van der Waals surface area contributed by atoms with Crippen molar-refractivity contribution >= 4 is 30.6 Å². The van der Waals surface area contributed by atoms with Gasteiger partial charge in [-0.2, -0.15) is 0 Å². The zero-order valence-electron chi connectivity index (χ0n) is 8.87. The fourth-order valence-corrected chi connectivity index (χ4v) is 2.59. The number of carbonyl (C=O) groups is 1. The largest absolute Gasteiger partial charge is 0.510 e. The lowest BCUT2D eigenvalue weighted by molar-refractivity contribution is -0.113. The van der Waals surface area contributed by atoms with Crippen LogP contribution in [0.25, 0.3) is 10.5 Å². The summed E-state index contributed by atoms with van der Waals surface area (Å²) in [5, 5.41) is 11.5. The van der Waals surface area contributed by atoms with Crippen LogP contribution in [0, 0.1) is 0 Å². The SMILES string of the molecule is O=C1C=C(O)CN1c1cc2ccccc2pn1. The Labute approximate surface area is 99.4 Å². The van der Waals surface area contributed by atoms with Crippen LogP contribution in [-0.2, 0) is 4.79 Å². The molecule has 0 unspecified atom stereocenters. The van der Waals surface area contributed by atoms with Gasteiger partial charge in [0.1, 0.15) is 11.6 Å². The number of aromatic nitrogens is 1. The van der Waals surface area contributed by atoms with Gasteiger partial charge in [-0.05, 0) is 17.5 Å². The van der Waals surface area contributed by atoms with Gasteiger partial charge in [0.05, 0.1) is 6.54 Å². The summed E-state index contributed by atoms with van der Waals surface area (Å²) in [6.45, 7) is 0.214. The highest BCUT2D eigenvalue weighted by molar-refractivity contribution is 7.32. The molecule has 5 heteroatoms. The molecule has 0 atom stereocenters. The maximum atomic E-state index is 11.6. The number of aliphatic hydroxyl groups excluding tert-OH is 1. The monoisotopic (exact) mass is 244 g/mol. The average Bonchev–Trinajstić information content (AvgIpc) is 2.68. The van der Waals surface area contributed by atoms with Crippen LogP contribution in [0.15, 0.2) is 42.2 Å². The average molecular weight is 244 g/mol. The molecule has 1 N–H and O–H groups in total. The van der Waals surface area contributed by atoms with Crippen LogP contribution in [-0.4, -0.2) is 22.3 Å². The molecular weight excluding hydrogens is 235 g/mol. The molecule has 2 aromatic rings. The van der Waals surface area contributed by atoms with Gasteiger partial charge in [0.25, 0.3) is 5.91 Å². The lowest BCUT2D eigenvalue weighted by atomic mass is 10.2. The van der Waals surface area contributed by atoms with Crippen LogP contribution in [0.2, 0.25) is 0 Å². The summed E-state index contributed by atoms with van der Waals surface area (Å²) in [4.78, 5) is 13.1. The molecule has 0 bridgehead atoms. The molecule has 0 saturated carbocycles. The number of anilines is 1. The molecule has 0 radical (unpaired) electrons. The van der Waals surface area contributed by atoms with Crippen molar-refractivity contribution in [2.75, 3.05) is 11.4 Å². The fourth-order valence-electron chi connectivity index (χ4n) is 1.81. The molecule has 1 amide bonds. The number of hydrogen-bond donors (Lipinski definition) is 1. The van der Waals surface area contributed by atoms with Crippen molar-refractivity contribution in [3.8, 4) is 0 Å².